The molecule has 0 aromatic rings. The van der Waals surface area contributed by atoms with Gasteiger partial charge in [0.05, 0.1) is 0 Å². The standard InChI is InChI=1S/C14H25NO4/c1-14(9-7-11-19-14)13(18)15-10-6-4-2-3-5-8-12(16)17/h2-11H2,1H3,(H,15,18)(H,16,17). The summed E-state index contributed by atoms with van der Waals surface area (Å²) in [6, 6.07) is 0. The van der Waals surface area contributed by atoms with Crippen LogP contribution < -0.4 is 5.32 Å². The van der Waals surface area contributed by atoms with Crippen LogP contribution in [0, 0.1) is 0 Å². The first-order valence-corrected chi connectivity index (χ1v) is 7.19. The van der Waals surface area contributed by atoms with Crippen LogP contribution in [0.2, 0.25) is 0 Å². The molecule has 1 heterocycles. The van der Waals surface area contributed by atoms with Gasteiger partial charge in [-0.3, -0.25) is 9.59 Å². The first kappa shape index (κ1) is 16.0. The molecule has 5 heteroatoms. The summed E-state index contributed by atoms with van der Waals surface area (Å²) in [5.41, 5.74) is -0.624. The van der Waals surface area contributed by atoms with Gasteiger partial charge < -0.3 is 15.2 Å². The van der Waals surface area contributed by atoms with Gasteiger partial charge in [0, 0.05) is 19.6 Å². The number of unbranched alkanes of at least 4 members (excludes halogenated alkanes) is 4. The average Bonchev–Trinajstić information content (AvgIpc) is 2.80. The highest BCUT2D eigenvalue weighted by Gasteiger charge is 2.37. The highest BCUT2D eigenvalue weighted by atomic mass is 16.5. The van der Waals surface area contributed by atoms with Crippen LogP contribution in [0.15, 0.2) is 0 Å². The van der Waals surface area contributed by atoms with Crippen LogP contribution in [0.25, 0.3) is 0 Å². The largest absolute Gasteiger partial charge is 0.481 e. The molecule has 1 fully saturated rings. The Morgan fingerprint density at radius 2 is 1.89 bits per heavy atom. The van der Waals surface area contributed by atoms with E-state index in [2.05, 4.69) is 5.32 Å². The maximum absolute atomic E-state index is 11.9. The molecule has 1 unspecified atom stereocenters. The predicted molar refractivity (Wildman–Crippen MR) is 71.9 cm³/mol. The van der Waals surface area contributed by atoms with Gasteiger partial charge in [0.15, 0.2) is 0 Å². The fourth-order valence-corrected chi connectivity index (χ4v) is 2.28. The first-order chi connectivity index (χ1) is 9.04. The van der Waals surface area contributed by atoms with Crippen molar-refractivity contribution in [1.82, 2.24) is 5.32 Å². The number of carboxylic acids is 1. The molecule has 1 saturated heterocycles. The van der Waals surface area contributed by atoms with Gasteiger partial charge in [-0.25, -0.2) is 0 Å². The summed E-state index contributed by atoms with van der Waals surface area (Å²) in [6.07, 6.45) is 6.69. The number of amides is 1. The lowest BCUT2D eigenvalue weighted by molar-refractivity contribution is -0.139. The van der Waals surface area contributed by atoms with Gasteiger partial charge in [-0.05, 0) is 32.6 Å². The minimum atomic E-state index is -0.725. The van der Waals surface area contributed by atoms with Gasteiger partial charge >= 0.3 is 5.97 Å². The summed E-state index contributed by atoms with van der Waals surface area (Å²) in [5, 5.41) is 11.4. The molecule has 1 amide bonds. The van der Waals surface area contributed by atoms with Gasteiger partial charge in [0.25, 0.3) is 5.91 Å². The molecule has 0 radical (unpaired) electrons. The van der Waals surface area contributed by atoms with Crippen LogP contribution in [0.5, 0.6) is 0 Å². The van der Waals surface area contributed by atoms with Crippen LogP contribution >= 0.6 is 0 Å². The second kappa shape index (κ2) is 8.15. The normalized spacial score (nSPS) is 22.4. The molecule has 0 aromatic heterocycles. The number of carboxylic acid groups (broad SMARTS) is 1. The molecule has 19 heavy (non-hydrogen) atoms. The molecule has 0 bridgehead atoms. The van der Waals surface area contributed by atoms with Crippen molar-refractivity contribution in [2.24, 2.45) is 0 Å². The van der Waals surface area contributed by atoms with Crippen LogP contribution in [-0.2, 0) is 14.3 Å². The Kier molecular flexibility index (Phi) is 6.84. The van der Waals surface area contributed by atoms with E-state index in [4.69, 9.17) is 9.84 Å². The molecule has 1 rings (SSSR count). The quantitative estimate of drug-likeness (QED) is 0.630. The molecule has 1 aliphatic rings. The molecule has 0 aliphatic carbocycles. The van der Waals surface area contributed by atoms with E-state index >= 15 is 0 Å². The lowest BCUT2D eigenvalue weighted by atomic mass is 10.0. The third-order valence-electron chi connectivity index (χ3n) is 3.55. The van der Waals surface area contributed by atoms with Gasteiger partial charge in [0.1, 0.15) is 5.60 Å². The Labute approximate surface area is 114 Å². The monoisotopic (exact) mass is 271 g/mol. The zero-order valence-corrected chi connectivity index (χ0v) is 11.7. The topological polar surface area (TPSA) is 75.6 Å². The van der Waals surface area contributed by atoms with E-state index < -0.39 is 11.6 Å². The Bertz CT molecular complexity index is 298. The average molecular weight is 271 g/mol. The molecular formula is C14H25NO4. The van der Waals surface area contributed by atoms with Crippen LogP contribution in [-0.4, -0.2) is 35.7 Å². The molecule has 5 nitrogen and oxygen atoms in total. The van der Waals surface area contributed by atoms with E-state index in [1.807, 2.05) is 6.92 Å². The number of ether oxygens (including phenoxy) is 1. The Morgan fingerprint density at radius 3 is 2.53 bits per heavy atom. The fourth-order valence-electron chi connectivity index (χ4n) is 2.28. The van der Waals surface area contributed by atoms with Crippen LogP contribution in [0.4, 0.5) is 0 Å². The third-order valence-corrected chi connectivity index (χ3v) is 3.55. The predicted octanol–water partition coefficient (Wildman–Crippen LogP) is 2.10. The molecule has 1 aliphatic heterocycles. The van der Waals surface area contributed by atoms with Gasteiger partial charge in [-0.1, -0.05) is 19.3 Å². The molecular weight excluding hydrogens is 246 g/mol. The highest BCUT2D eigenvalue weighted by molar-refractivity contribution is 5.84. The van der Waals surface area contributed by atoms with Crippen molar-refractivity contribution in [2.75, 3.05) is 13.2 Å². The van der Waals surface area contributed by atoms with Gasteiger partial charge in [-0.2, -0.15) is 0 Å². The summed E-state index contributed by atoms with van der Waals surface area (Å²) in [4.78, 5) is 22.2. The minimum absolute atomic E-state index is 0.00382. The number of hydrogen-bond acceptors (Lipinski definition) is 3. The van der Waals surface area contributed by atoms with E-state index in [1.54, 1.807) is 0 Å². The number of carbonyl (C=O) groups excluding carboxylic acids is 1. The highest BCUT2D eigenvalue weighted by Crippen LogP contribution is 2.24. The third kappa shape index (κ3) is 6.05. The molecule has 0 spiro atoms. The Balaban J connectivity index is 1.96. The summed E-state index contributed by atoms with van der Waals surface area (Å²) in [5.74, 6) is -0.729. The number of nitrogens with one attached hydrogen (secondary N) is 1. The van der Waals surface area contributed by atoms with E-state index in [-0.39, 0.29) is 12.3 Å². The van der Waals surface area contributed by atoms with Crippen molar-refractivity contribution in [3.05, 3.63) is 0 Å². The summed E-state index contributed by atoms with van der Waals surface area (Å²) < 4.78 is 5.47. The summed E-state index contributed by atoms with van der Waals surface area (Å²) in [7, 11) is 0. The SMILES string of the molecule is CC1(C(=O)NCCCCCCCC(=O)O)CCCO1. The molecule has 0 saturated carbocycles. The zero-order chi connectivity index (χ0) is 14.1. The fraction of sp³-hybridized carbons (Fsp3) is 0.857. The van der Waals surface area contributed by atoms with E-state index in [9.17, 15) is 9.59 Å². The first-order valence-electron chi connectivity index (χ1n) is 7.19. The van der Waals surface area contributed by atoms with Crippen molar-refractivity contribution < 1.29 is 19.4 Å². The lowest BCUT2D eigenvalue weighted by Crippen LogP contribution is -2.44. The molecule has 2 N–H and O–H groups in total. The Morgan fingerprint density at radius 1 is 1.21 bits per heavy atom. The van der Waals surface area contributed by atoms with Gasteiger partial charge in [0.2, 0.25) is 0 Å². The van der Waals surface area contributed by atoms with Crippen molar-refractivity contribution >= 4 is 11.9 Å². The number of hydrogen-bond donors (Lipinski definition) is 2. The molecule has 110 valence electrons. The Hall–Kier alpha value is -1.10. The zero-order valence-electron chi connectivity index (χ0n) is 11.7. The lowest BCUT2D eigenvalue weighted by Gasteiger charge is -2.21. The van der Waals surface area contributed by atoms with E-state index in [0.29, 0.717) is 13.2 Å². The maximum atomic E-state index is 11.9. The second-order valence-corrected chi connectivity index (χ2v) is 5.35. The van der Waals surface area contributed by atoms with Crippen LogP contribution in [0.3, 0.4) is 0 Å². The minimum Gasteiger partial charge on any atom is -0.481 e. The van der Waals surface area contributed by atoms with Crippen molar-refractivity contribution in [1.29, 1.82) is 0 Å². The van der Waals surface area contributed by atoms with Gasteiger partial charge in [-0.15, -0.1) is 0 Å². The van der Waals surface area contributed by atoms with E-state index in [0.717, 1.165) is 44.9 Å². The second-order valence-electron chi connectivity index (χ2n) is 5.35. The number of aliphatic carboxylic acids is 1. The van der Waals surface area contributed by atoms with Crippen molar-refractivity contribution in [2.45, 2.75) is 63.9 Å². The molecule has 0 aromatic carbocycles. The number of rotatable bonds is 9. The van der Waals surface area contributed by atoms with Crippen molar-refractivity contribution in [3.8, 4) is 0 Å². The maximum Gasteiger partial charge on any atom is 0.303 e. The van der Waals surface area contributed by atoms with Crippen LogP contribution in [0.1, 0.15) is 58.3 Å². The number of carbonyl (C=O) groups is 2. The molecule has 1 atom stereocenters. The van der Waals surface area contributed by atoms with E-state index in [1.165, 1.54) is 0 Å². The van der Waals surface area contributed by atoms with Crippen molar-refractivity contribution in [3.63, 3.8) is 0 Å². The smallest absolute Gasteiger partial charge is 0.303 e. The summed E-state index contributed by atoms with van der Waals surface area (Å²) >= 11 is 0. The summed E-state index contributed by atoms with van der Waals surface area (Å²) in [6.45, 7) is 3.20.